The molecule has 22 nitrogen and oxygen atoms in total. The standard InChI is InChI=1S/C65H111ClF3N11O11/c1-18-20-31-80-38-54(83)77(15)51(35-45-23-28-47(66)29-24-45)61(89)74(12)36-52(81)71-48(30-25-44-21-26-46(27-22-44)65(67,68)69)60(88)78(16)50(33-40(5)6)59(87)73-64(10,11)63(91)79(17)49(32-39(3)4)58(86)70-42(8)34-53(82)76(14)43(9)57(85)72-56(41(7)19-2)62(90)75(13)37-55(80)84/h39-51,56H,18-38H2,1-17H3,(H,70,86)(H,71,81)(H,72,85)(H,73,87)/t41-,42+,43-,44?,45?,46?,47?,48-,49-,50-,51-,56-/m0/s1. The van der Waals surface area contributed by atoms with Crippen molar-refractivity contribution in [2.45, 2.75) is 245 Å². The second-order valence-corrected chi connectivity index (χ2v) is 28.4. The van der Waals surface area contributed by atoms with Crippen LogP contribution in [0.2, 0.25) is 0 Å². The predicted octanol–water partition coefficient (Wildman–Crippen LogP) is 6.11. The van der Waals surface area contributed by atoms with E-state index in [0.29, 0.717) is 44.9 Å². The van der Waals surface area contributed by atoms with Gasteiger partial charge in [-0.05, 0) is 147 Å². The van der Waals surface area contributed by atoms with Gasteiger partial charge in [0.25, 0.3) is 0 Å². The summed E-state index contributed by atoms with van der Waals surface area (Å²) in [6, 6.07) is -7.87. The third kappa shape index (κ3) is 24.0. The van der Waals surface area contributed by atoms with E-state index in [4.69, 9.17) is 11.6 Å². The number of likely N-dealkylation sites (N-methyl/N-ethyl adjacent to an activating group) is 6. The van der Waals surface area contributed by atoms with Crippen molar-refractivity contribution in [2.24, 2.45) is 35.5 Å². The molecule has 1 aliphatic heterocycles. The third-order valence-corrected chi connectivity index (χ3v) is 19.3. The molecule has 0 radical (unpaired) electrons. The lowest BCUT2D eigenvalue weighted by Gasteiger charge is -2.38. The van der Waals surface area contributed by atoms with E-state index in [9.17, 15) is 61.1 Å². The lowest BCUT2D eigenvalue weighted by Crippen LogP contribution is -2.63. The molecule has 11 amide bonds. The molecule has 8 atom stereocenters. The number of carbonyl (C=O) groups excluding carboxylic acids is 11. The van der Waals surface area contributed by atoms with Crippen molar-refractivity contribution in [3.05, 3.63) is 0 Å². The van der Waals surface area contributed by atoms with Gasteiger partial charge in [0.2, 0.25) is 65.0 Å². The van der Waals surface area contributed by atoms with Crippen LogP contribution in [-0.2, 0) is 52.7 Å². The fraction of sp³-hybridized carbons (Fsp3) is 0.831. The fourth-order valence-electron chi connectivity index (χ4n) is 12.4. The molecule has 26 heteroatoms. The number of nitrogens with one attached hydrogen (secondary N) is 4. The Balaban J connectivity index is 2.20. The minimum absolute atomic E-state index is 0.0318. The van der Waals surface area contributed by atoms with Crippen LogP contribution in [0, 0.1) is 35.5 Å². The minimum Gasteiger partial charge on any atom is -0.351 e. The first-order chi connectivity index (χ1) is 42.3. The molecule has 91 heavy (non-hydrogen) atoms. The summed E-state index contributed by atoms with van der Waals surface area (Å²) in [7, 11) is 8.50. The second kappa shape index (κ2) is 36.1. The number of alkyl halides is 4. The molecular formula is C65H111ClF3N11O11. The molecule has 0 aromatic heterocycles. The van der Waals surface area contributed by atoms with Crippen molar-refractivity contribution in [2.75, 3.05) is 68.5 Å². The van der Waals surface area contributed by atoms with Gasteiger partial charge in [0, 0.05) is 66.7 Å². The van der Waals surface area contributed by atoms with Gasteiger partial charge in [0.05, 0.1) is 25.6 Å². The maximum absolute atomic E-state index is 15.0. The van der Waals surface area contributed by atoms with E-state index in [2.05, 4.69) is 21.3 Å². The Hall–Kier alpha value is -5.75. The molecule has 0 aromatic carbocycles. The van der Waals surface area contributed by atoms with Crippen LogP contribution in [0.5, 0.6) is 0 Å². The number of unbranched alkanes of at least 4 members (excludes halogenated alkanes) is 1. The topological polar surface area (TPSA) is 259 Å². The maximum Gasteiger partial charge on any atom is 0.391 e. The summed E-state index contributed by atoms with van der Waals surface area (Å²) in [4.78, 5) is 168. The zero-order valence-electron chi connectivity index (χ0n) is 57.6. The normalized spacial score (nSPS) is 28.9. The molecule has 2 aliphatic carbocycles. The van der Waals surface area contributed by atoms with Gasteiger partial charge in [-0.25, -0.2) is 0 Å². The van der Waals surface area contributed by atoms with Gasteiger partial charge in [-0.3, -0.25) is 52.7 Å². The van der Waals surface area contributed by atoms with E-state index in [1.54, 1.807) is 13.8 Å². The first-order valence-electron chi connectivity index (χ1n) is 33.0. The van der Waals surface area contributed by atoms with Crippen LogP contribution < -0.4 is 21.3 Å². The van der Waals surface area contributed by atoms with Crippen LogP contribution in [0.1, 0.15) is 185 Å². The largest absolute Gasteiger partial charge is 0.391 e. The zero-order valence-corrected chi connectivity index (χ0v) is 58.3. The molecule has 3 rings (SSSR count). The van der Waals surface area contributed by atoms with Crippen LogP contribution in [-0.4, -0.2) is 227 Å². The molecule has 3 aliphatic rings. The smallest absolute Gasteiger partial charge is 0.351 e. The van der Waals surface area contributed by atoms with Gasteiger partial charge in [0.15, 0.2) is 0 Å². The van der Waals surface area contributed by atoms with Crippen LogP contribution >= 0.6 is 11.6 Å². The molecule has 0 spiro atoms. The van der Waals surface area contributed by atoms with Gasteiger partial charge >= 0.3 is 6.18 Å². The maximum atomic E-state index is 15.0. The summed E-state index contributed by atoms with van der Waals surface area (Å²) in [6.07, 6.45) is 0.556. The number of hydrogen-bond donors (Lipinski definition) is 4. The highest BCUT2D eigenvalue weighted by Gasteiger charge is 2.44. The zero-order chi connectivity index (χ0) is 69.2. The molecule has 0 bridgehead atoms. The highest BCUT2D eigenvalue weighted by atomic mass is 35.5. The molecule has 1 saturated heterocycles. The summed E-state index contributed by atoms with van der Waals surface area (Å²) in [5.41, 5.74) is -1.70. The molecule has 0 unspecified atom stereocenters. The number of nitrogens with zero attached hydrogens (tertiary/aromatic N) is 7. The average Bonchev–Trinajstić information content (AvgIpc) is 1.14. The van der Waals surface area contributed by atoms with Crippen molar-refractivity contribution in [1.82, 2.24) is 55.6 Å². The first-order valence-corrected chi connectivity index (χ1v) is 33.5. The number of amides is 11. The Morgan fingerprint density at radius 2 is 1.13 bits per heavy atom. The molecular weight excluding hydrogens is 1200 g/mol. The summed E-state index contributed by atoms with van der Waals surface area (Å²) >= 11 is 6.51. The van der Waals surface area contributed by atoms with Crippen molar-refractivity contribution in [3.63, 3.8) is 0 Å². The van der Waals surface area contributed by atoms with Crippen molar-refractivity contribution < 1.29 is 65.9 Å². The summed E-state index contributed by atoms with van der Waals surface area (Å²) < 4.78 is 41.3. The molecule has 3 fully saturated rings. The van der Waals surface area contributed by atoms with Crippen LogP contribution in [0.3, 0.4) is 0 Å². The number of rotatable bonds is 14. The SMILES string of the molecule is CCCCN1CC(=O)N(C)[C@@H](CC2CCC(Cl)CC2)C(=O)N(C)CC(=O)N[C@@H](CCC2CCC(C(F)(F)F)CC2)C(=O)N(C)[C@@H](CC(C)C)C(=O)NC(C)(C)C(=O)N(C)[C@@H](CC(C)C)C(=O)N[C@H](C)CC(=O)N(C)[C@@H](C)C(=O)N[C@@H]([C@@H](C)CC)C(=O)N(C)CC1=O. The van der Waals surface area contributed by atoms with E-state index in [1.807, 2.05) is 41.5 Å². The molecule has 4 N–H and O–H groups in total. The Morgan fingerprint density at radius 1 is 0.582 bits per heavy atom. The van der Waals surface area contributed by atoms with Crippen molar-refractivity contribution >= 4 is 76.6 Å². The van der Waals surface area contributed by atoms with Gasteiger partial charge in [0.1, 0.15) is 41.8 Å². The van der Waals surface area contributed by atoms with Crippen LogP contribution in [0.25, 0.3) is 0 Å². The quantitative estimate of drug-likeness (QED) is 0.144. The first kappa shape index (κ1) is 79.5. The van der Waals surface area contributed by atoms with Crippen molar-refractivity contribution in [3.8, 4) is 0 Å². The molecule has 2 saturated carbocycles. The van der Waals surface area contributed by atoms with Gasteiger partial charge < -0.3 is 55.6 Å². The van der Waals surface area contributed by atoms with Gasteiger partial charge in [-0.1, -0.05) is 61.3 Å². The molecule has 520 valence electrons. The van der Waals surface area contributed by atoms with Gasteiger partial charge in [-0.15, -0.1) is 11.6 Å². The van der Waals surface area contributed by atoms with E-state index >= 15 is 4.79 Å². The lowest BCUT2D eigenvalue weighted by atomic mass is 9.79. The third-order valence-electron chi connectivity index (χ3n) is 18.8. The number of hydrogen-bond acceptors (Lipinski definition) is 11. The van der Waals surface area contributed by atoms with E-state index in [-0.39, 0.29) is 99.8 Å². The highest BCUT2D eigenvalue weighted by Crippen LogP contribution is 2.41. The average molecular weight is 1320 g/mol. The Labute approximate surface area is 544 Å². The summed E-state index contributed by atoms with van der Waals surface area (Å²) in [5.74, 6) is -9.52. The number of carbonyl (C=O) groups is 11. The van der Waals surface area contributed by atoms with E-state index in [1.165, 1.54) is 92.5 Å². The molecule has 0 aromatic rings. The Bertz CT molecular complexity index is 2490. The van der Waals surface area contributed by atoms with E-state index in [0.717, 1.165) is 4.90 Å². The van der Waals surface area contributed by atoms with Crippen LogP contribution in [0.4, 0.5) is 13.2 Å². The van der Waals surface area contributed by atoms with E-state index < -0.39 is 150 Å². The number of halogens is 4. The highest BCUT2D eigenvalue weighted by molar-refractivity contribution is 6.20. The van der Waals surface area contributed by atoms with Gasteiger partial charge in [-0.2, -0.15) is 13.2 Å². The Kier molecular flexibility index (Phi) is 31.5. The second-order valence-electron chi connectivity index (χ2n) is 27.8. The fourth-order valence-corrected chi connectivity index (χ4v) is 12.6. The lowest BCUT2D eigenvalue weighted by molar-refractivity contribution is -0.184. The Morgan fingerprint density at radius 3 is 1.67 bits per heavy atom. The summed E-state index contributed by atoms with van der Waals surface area (Å²) in [6.45, 7) is 17.5. The monoisotopic (exact) mass is 1310 g/mol. The van der Waals surface area contributed by atoms with Crippen LogP contribution in [0.15, 0.2) is 0 Å². The van der Waals surface area contributed by atoms with Crippen molar-refractivity contribution in [1.29, 1.82) is 0 Å². The molecule has 1 heterocycles. The predicted molar refractivity (Wildman–Crippen MR) is 342 cm³/mol. The minimum atomic E-state index is -4.35. The summed E-state index contributed by atoms with van der Waals surface area (Å²) in [5, 5.41) is 11.2.